The number of nitrogens with zero attached hydrogens (tertiary/aromatic N) is 2. The van der Waals surface area contributed by atoms with Crippen LogP contribution in [0, 0.1) is 11.3 Å². The molecule has 0 atom stereocenters. The molecule has 0 spiro atoms. The van der Waals surface area contributed by atoms with Gasteiger partial charge in [0.2, 0.25) is 0 Å². The first kappa shape index (κ1) is 15.1. The van der Waals surface area contributed by atoms with Crippen LogP contribution in [0.2, 0.25) is 0 Å². The van der Waals surface area contributed by atoms with Crippen LogP contribution >= 0.6 is 11.8 Å². The Hall–Kier alpha value is -2.78. The topological polar surface area (TPSA) is 74.3 Å². The zero-order valence-corrected chi connectivity index (χ0v) is 13.1. The number of rotatable bonds is 3. The molecule has 2 heterocycles. The van der Waals surface area contributed by atoms with Crippen LogP contribution in [0.15, 0.2) is 45.7 Å². The lowest BCUT2D eigenvalue weighted by molar-refractivity contribution is -0.122. The van der Waals surface area contributed by atoms with Crippen LogP contribution in [-0.4, -0.2) is 22.6 Å². The number of hydrogen-bond donors (Lipinski definition) is 0. The molecule has 2 aromatic rings. The van der Waals surface area contributed by atoms with Crippen LogP contribution in [0.5, 0.6) is 0 Å². The van der Waals surface area contributed by atoms with Gasteiger partial charge in [0.1, 0.15) is 11.5 Å². The van der Waals surface area contributed by atoms with Crippen molar-refractivity contribution in [2.45, 2.75) is 6.92 Å². The minimum absolute atomic E-state index is 0.273. The molecule has 23 heavy (non-hydrogen) atoms. The highest BCUT2D eigenvalue weighted by molar-refractivity contribution is 8.18. The lowest BCUT2D eigenvalue weighted by Crippen LogP contribution is -2.27. The number of furan rings is 1. The maximum absolute atomic E-state index is 12.1. The van der Waals surface area contributed by atoms with Gasteiger partial charge in [0.15, 0.2) is 0 Å². The van der Waals surface area contributed by atoms with Gasteiger partial charge in [0.25, 0.3) is 11.1 Å². The van der Waals surface area contributed by atoms with E-state index in [2.05, 4.69) is 6.07 Å². The Kier molecular flexibility index (Phi) is 4.04. The molecular weight excluding hydrogens is 312 g/mol. The summed E-state index contributed by atoms with van der Waals surface area (Å²) in [6.07, 6.45) is 1.55. The number of thioether (sulfide) groups is 1. The fraction of sp³-hybridized carbons (Fsp3) is 0.118. The molecule has 1 fully saturated rings. The van der Waals surface area contributed by atoms with Crippen molar-refractivity contribution in [2.24, 2.45) is 0 Å². The first-order valence-corrected chi connectivity index (χ1v) is 7.80. The van der Waals surface area contributed by atoms with Gasteiger partial charge in [-0.25, -0.2) is 0 Å². The Labute approximate surface area is 137 Å². The first-order chi connectivity index (χ1) is 11.1. The summed E-state index contributed by atoms with van der Waals surface area (Å²) in [5, 5.41) is 8.87. The summed E-state index contributed by atoms with van der Waals surface area (Å²) in [5.41, 5.74) is 1.20. The number of carbonyl (C=O) groups excluding carboxylic acids is 2. The SMILES string of the molecule is CCN1C(=O)S/C(=C/c2ccc(-c3ccccc3C#N)o2)C1=O. The Balaban J connectivity index is 1.92. The van der Waals surface area contributed by atoms with Crippen LogP contribution in [0.3, 0.4) is 0 Å². The third kappa shape index (κ3) is 2.79. The highest BCUT2D eigenvalue weighted by Gasteiger charge is 2.33. The van der Waals surface area contributed by atoms with Crippen molar-refractivity contribution in [3.05, 3.63) is 52.6 Å². The van der Waals surface area contributed by atoms with Crippen LogP contribution < -0.4 is 0 Å². The van der Waals surface area contributed by atoms with Gasteiger partial charge in [0.05, 0.1) is 16.5 Å². The minimum Gasteiger partial charge on any atom is -0.457 e. The molecule has 1 aromatic carbocycles. The van der Waals surface area contributed by atoms with Gasteiger partial charge in [-0.1, -0.05) is 12.1 Å². The monoisotopic (exact) mass is 324 g/mol. The summed E-state index contributed by atoms with van der Waals surface area (Å²) in [6.45, 7) is 2.10. The smallest absolute Gasteiger partial charge is 0.293 e. The highest BCUT2D eigenvalue weighted by Crippen LogP contribution is 2.33. The quantitative estimate of drug-likeness (QED) is 0.801. The average molecular weight is 324 g/mol. The van der Waals surface area contributed by atoms with Gasteiger partial charge >= 0.3 is 0 Å². The van der Waals surface area contributed by atoms with E-state index in [4.69, 9.17) is 9.68 Å². The maximum Gasteiger partial charge on any atom is 0.293 e. The molecule has 5 nitrogen and oxygen atoms in total. The molecule has 1 aliphatic rings. The second-order valence-corrected chi connectivity index (χ2v) is 5.78. The van der Waals surface area contributed by atoms with Crippen molar-refractivity contribution in [1.82, 2.24) is 4.90 Å². The van der Waals surface area contributed by atoms with Gasteiger partial charge in [-0.05, 0) is 43.0 Å². The van der Waals surface area contributed by atoms with E-state index in [-0.39, 0.29) is 11.1 Å². The summed E-state index contributed by atoms with van der Waals surface area (Å²) < 4.78 is 5.70. The van der Waals surface area contributed by atoms with Gasteiger partial charge < -0.3 is 4.42 Å². The van der Waals surface area contributed by atoms with E-state index in [0.29, 0.717) is 34.1 Å². The highest BCUT2D eigenvalue weighted by atomic mass is 32.2. The van der Waals surface area contributed by atoms with Crippen LogP contribution in [0.4, 0.5) is 4.79 Å². The average Bonchev–Trinajstić information content (AvgIpc) is 3.12. The number of amides is 2. The molecule has 0 aliphatic carbocycles. The van der Waals surface area contributed by atoms with E-state index in [1.54, 1.807) is 43.3 Å². The number of likely N-dealkylation sites (N-methyl/N-ethyl adjacent to an activating group) is 1. The standard InChI is InChI=1S/C17H12N2O3S/c1-2-19-16(20)15(23-17(19)21)9-12-7-8-14(22-12)13-6-4-3-5-11(13)10-18/h3-9H,2H2,1H3/b15-9+. The number of benzene rings is 1. The lowest BCUT2D eigenvalue weighted by atomic mass is 10.1. The predicted octanol–water partition coefficient (Wildman–Crippen LogP) is 3.87. The molecule has 6 heteroatoms. The van der Waals surface area contributed by atoms with E-state index in [1.165, 1.54) is 4.90 Å². The molecule has 0 N–H and O–H groups in total. The van der Waals surface area contributed by atoms with Gasteiger partial charge in [-0.3, -0.25) is 14.5 Å². The second kappa shape index (κ2) is 6.15. The molecule has 0 radical (unpaired) electrons. The molecule has 1 aromatic heterocycles. The number of imide groups is 1. The molecule has 3 rings (SSSR count). The summed E-state index contributed by atoms with van der Waals surface area (Å²) in [4.78, 5) is 25.3. The number of hydrogen-bond acceptors (Lipinski definition) is 5. The summed E-state index contributed by atoms with van der Waals surface area (Å²) in [7, 11) is 0. The van der Waals surface area contributed by atoms with Crippen molar-refractivity contribution >= 4 is 29.0 Å². The fourth-order valence-corrected chi connectivity index (χ4v) is 3.16. The van der Waals surface area contributed by atoms with Gasteiger partial charge in [0, 0.05) is 18.2 Å². The van der Waals surface area contributed by atoms with E-state index >= 15 is 0 Å². The second-order valence-electron chi connectivity index (χ2n) is 4.79. The Morgan fingerprint density at radius 3 is 2.74 bits per heavy atom. The zero-order chi connectivity index (χ0) is 16.4. The van der Waals surface area contributed by atoms with E-state index in [0.717, 1.165) is 11.8 Å². The molecular formula is C17H12N2O3S. The first-order valence-electron chi connectivity index (χ1n) is 6.98. The summed E-state index contributed by atoms with van der Waals surface area (Å²) in [5.74, 6) is 0.704. The molecule has 0 unspecified atom stereocenters. The molecule has 0 bridgehead atoms. The zero-order valence-electron chi connectivity index (χ0n) is 12.3. The molecule has 114 valence electrons. The normalized spacial score (nSPS) is 16.2. The third-order valence-electron chi connectivity index (χ3n) is 3.40. The van der Waals surface area contributed by atoms with Crippen LogP contribution in [0.25, 0.3) is 17.4 Å². The Morgan fingerprint density at radius 1 is 1.26 bits per heavy atom. The lowest BCUT2D eigenvalue weighted by Gasteiger charge is -2.06. The fourth-order valence-electron chi connectivity index (χ4n) is 2.27. The van der Waals surface area contributed by atoms with Gasteiger partial charge in [-0.2, -0.15) is 5.26 Å². The van der Waals surface area contributed by atoms with Crippen molar-refractivity contribution in [2.75, 3.05) is 6.54 Å². The van der Waals surface area contributed by atoms with E-state index < -0.39 is 0 Å². The van der Waals surface area contributed by atoms with Crippen molar-refractivity contribution in [1.29, 1.82) is 5.26 Å². The molecule has 1 aliphatic heterocycles. The van der Waals surface area contributed by atoms with Gasteiger partial charge in [-0.15, -0.1) is 0 Å². The third-order valence-corrected chi connectivity index (χ3v) is 4.31. The molecule has 0 saturated carbocycles. The van der Waals surface area contributed by atoms with Crippen molar-refractivity contribution in [3.8, 4) is 17.4 Å². The van der Waals surface area contributed by atoms with Crippen molar-refractivity contribution in [3.63, 3.8) is 0 Å². The summed E-state index contributed by atoms with van der Waals surface area (Å²) in [6, 6.07) is 12.7. The Bertz CT molecular complexity index is 861. The number of nitriles is 1. The predicted molar refractivity (Wildman–Crippen MR) is 87.2 cm³/mol. The largest absolute Gasteiger partial charge is 0.457 e. The van der Waals surface area contributed by atoms with Crippen LogP contribution in [-0.2, 0) is 4.79 Å². The van der Waals surface area contributed by atoms with E-state index in [9.17, 15) is 9.59 Å². The Morgan fingerprint density at radius 2 is 2.04 bits per heavy atom. The summed E-state index contributed by atoms with van der Waals surface area (Å²) >= 11 is 0.900. The molecule has 1 saturated heterocycles. The van der Waals surface area contributed by atoms with Crippen LogP contribution in [0.1, 0.15) is 18.2 Å². The molecule has 2 amide bonds. The van der Waals surface area contributed by atoms with Crippen molar-refractivity contribution < 1.29 is 14.0 Å². The maximum atomic E-state index is 12.1. The number of carbonyl (C=O) groups is 2. The van der Waals surface area contributed by atoms with E-state index in [1.807, 2.05) is 6.07 Å². The minimum atomic E-state index is -0.308.